The van der Waals surface area contributed by atoms with Crippen LogP contribution in [0.15, 0.2) is 24.4 Å². The Morgan fingerprint density at radius 3 is 2.93 bits per heavy atom. The van der Waals surface area contributed by atoms with Gasteiger partial charge >= 0.3 is 0 Å². The first kappa shape index (κ1) is 21.8. The van der Waals surface area contributed by atoms with Crippen molar-refractivity contribution >= 4 is 17.2 Å². The highest BCUT2D eigenvalue weighted by Gasteiger charge is 2.44. The van der Waals surface area contributed by atoms with E-state index in [2.05, 4.69) is 48.1 Å². The summed E-state index contributed by atoms with van der Waals surface area (Å²) in [6.45, 7) is 9.58. The first-order chi connectivity index (χ1) is 14.6. The molecule has 2 N–H and O–H groups in total. The third-order valence-corrected chi connectivity index (χ3v) is 8.07. The number of piperidine rings is 1. The molecule has 0 radical (unpaired) electrons. The molecule has 0 aliphatic carbocycles. The molecule has 164 valence electrons. The summed E-state index contributed by atoms with van der Waals surface area (Å²) in [5.41, 5.74) is 2.63. The van der Waals surface area contributed by atoms with Crippen LogP contribution in [0, 0.1) is 0 Å². The van der Waals surface area contributed by atoms with Gasteiger partial charge < -0.3 is 15.2 Å². The lowest BCUT2D eigenvalue weighted by Crippen LogP contribution is -2.50. The number of anilines is 1. The molecule has 3 atom stereocenters. The first-order valence-electron chi connectivity index (χ1n) is 11.4. The van der Waals surface area contributed by atoms with Crippen LogP contribution in [0.5, 0.6) is 0 Å². The topological polar surface area (TPSA) is 57.6 Å². The van der Waals surface area contributed by atoms with E-state index in [-0.39, 0.29) is 18.2 Å². The number of aromatic nitrogens is 1. The molecule has 0 amide bonds. The van der Waals surface area contributed by atoms with Gasteiger partial charge in [0.05, 0.1) is 24.9 Å². The number of likely N-dealkylation sites (tertiary alicyclic amines) is 1. The van der Waals surface area contributed by atoms with E-state index in [0.717, 1.165) is 57.6 Å². The van der Waals surface area contributed by atoms with Crippen LogP contribution in [-0.2, 0) is 29.7 Å². The maximum Gasteiger partial charge on any atom is 0.126 e. The van der Waals surface area contributed by atoms with Gasteiger partial charge in [-0.2, -0.15) is 0 Å². The van der Waals surface area contributed by atoms with Crippen molar-refractivity contribution in [3.05, 3.63) is 45.3 Å². The summed E-state index contributed by atoms with van der Waals surface area (Å²) < 4.78 is 6.47. The highest BCUT2D eigenvalue weighted by Crippen LogP contribution is 2.46. The first-order valence-corrected chi connectivity index (χ1v) is 12.2. The van der Waals surface area contributed by atoms with Crippen molar-refractivity contribution in [1.82, 2.24) is 9.88 Å². The van der Waals surface area contributed by atoms with E-state index in [9.17, 15) is 5.11 Å². The lowest BCUT2D eigenvalue weighted by atomic mass is 9.79. The summed E-state index contributed by atoms with van der Waals surface area (Å²) in [5, 5.41) is 12.6. The van der Waals surface area contributed by atoms with Crippen LogP contribution < -0.4 is 5.32 Å². The van der Waals surface area contributed by atoms with Crippen molar-refractivity contribution in [1.29, 1.82) is 0 Å². The van der Waals surface area contributed by atoms with E-state index >= 15 is 0 Å². The van der Waals surface area contributed by atoms with Crippen molar-refractivity contribution in [3.63, 3.8) is 0 Å². The minimum atomic E-state index is -0.0844. The Morgan fingerprint density at radius 2 is 2.27 bits per heavy atom. The normalized spacial score (nSPS) is 25.3. The van der Waals surface area contributed by atoms with Gasteiger partial charge in [-0.1, -0.05) is 19.9 Å². The van der Waals surface area contributed by atoms with Crippen LogP contribution in [0.3, 0.4) is 0 Å². The molecule has 2 aromatic heterocycles. The molecular weight excluding hydrogens is 394 g/mol. The molecule has 2 aromatic rings. The monoisotopic (exact) mass is 429 g/mol. The summed E-state index contributed by atoms with van der Waals surface area (Å²) in [7, 11) is 0. The Morgan fingerprint density at radius 1 is 1.40 bits per heavy atom. The zero-order valence-electron chi connectivity index (χ0n) is 18.5. The number of hydrogen-bond donors (Lipinski definition) is 2. The molecule has 6 heteroatoms. The highest BCUT2D eigenvalue weighted by molar-refractivity contribution is 7.12. The maximum absolute atomic E-state index is 9.36. The fourth-order valence-corrected chi connectivity index (χ4v) is 6.01. The van der Waals surface area contributed by atoms with E-state index in [1.165, 1.54) is 16.0 Å². The quantitative estimate of drug-likeness (QED) is 0.686. The number of aryl methyl sites for hydroxylation is 1. The van der Waals surface area contributed by atoms with Gasteiger partial charge in [0.1, 0.15) is 5.82 Å². The molecule has 0 saturated carbocycles. The minimum Gasteiger partial charge on any atom is -0.394 e. The Bertz CT molecular complexity index is 833. The molecule has 0 unspecified atom stereocenters. The van der Waals surface area contributed by atoms with Crippen molar-refractivity contribution < 1.29 is 9.84 Å². The molecule has 30 heavy (non-hydrogen) atoms. The van der Waals surface area contributed by atoms with E-state index in [0.29, 0.717) is 6.04 Å². The Labute approximate surface area is 184 Å². The van der Waals surface area contributed by atoms with Crippen LogP contribution >= 0.6 is 11.3 Å². The molecule has 1 saturated heterocycles. The average molecular weight is 430 g/mol. The predicted molar refractivity (Wildman–Crippen MR) is 123 cm³/mol. The predicted octanol–water partition coefficient (Wildman–Crippen LogP) is 4.34. The van der Waals surface area contributed by atoms with E-state index < -0.39 is 0 Å². The summed E-state index contributed by atoms with van der Waals surface area (Å²) in [6, 6.07) is 7.13. The molecular formula is C24H35N3O2S. The van der Waals surface area contributed by atoms with E-state index in [4.69, 9.17) is 4.74 Å². The number of rotatable bonds is 7. The fraction of sp³-hybridized carbons (Fsp3) is 0.625. The van der Waals surface area contributed by atoms with Crippen molar-refractivity contribution in [2.24, 2.45) is 0 Å². The number of pyridine rings is 1. The van der Waals surface area contributed by atoms with Gasteiger partial charge in [-0.15, -0.1) is 11.3 Å². The molecule has 1 spiro atoms. The van der Waals surface area contributed by atoms with Gasteiger partial charge in [0.25, 0.3) is 0 Å². The second-order valence-corrected chi connectivity index (χ2v) is 9.97. The number of nitrogens with zero attached hydrogens (tertiary/aromatic N) is 2. The van der Waals surface area contributed by atoms with Crippen molar-refractivity contribution in [3.8, 4) is 0 Å². The van der Waals surface area contributed by atoms with Gasteiger partial charge in [-0.3, -0.25) is 4.90 Å². The van der Waals surface area contributed by atoms with Crippen molar-refractivity contribution in [2.45, 2.75) is 77.1 Å². The van der Waals surface area contributed by atoms with Gasteiger partial charge in [0.2, 0.25) is 0 Å². The summed E-state index contributed by atoms with van der Waals surface area (Å²) in [6.07, 6.45) is 7.14. The lowest BCUT2D eigenvalue weighted by Gasteiger charge is -2.47. The summed E-state index contributed by atoms with van der Waals surface area (Å²) >= 11 is 1.99. The number of thiophene rings is 1. The van der Waals surface area contributed by atoms with Gasteiger partial charge in [0, 0.05) is 41.5 Å². The Hall–Kier alpha value is -1.47. The smallest absolute Gasteiger partial charge is 0.126 e. The number of ether oxygens (including phenoxy) is 1. The fourth-order valence-electron chi connectivity index (χ4n) is 4.83. The third kappa shape index (κ3) is 4.42. The van der Waals surface area contributed by atoms with E-state index in [1.807, 2.05) is 23.6 Å². The molecule has 4 rings (SSSR count). The van der Waals surface area contributed by atoms with Crippen LogP contribution in [0.2, 0.25) is 0 Å². The standard InChI is InChI=1S/C24H35N3O2S/c1-4-19(16-28)26-23-7-6-18(14-25-23)15-27-10-9-24(13-17(27)3)21-12-20(5-2)30-22(21)8-11-29-24/h6-7,12,14,17,19,28H,4-5,8-11,13,15-16H2,1-3H3,(H,25,26)/t17-,19+,24+/m0/s1. The SMILES string of the molecule is CCc1cc2c(s1)CCO[C@@]21CCN(Cc2ccc(N[C@H](CC)CO)nc2)[C@@H](C)C1. The zero-order chi connectivity index (χ0) is 21.1. The van der Waals surface area contributed by atoms with Crippen LogP contribution in [0.1, 0.15) is 60.9 Å². The molecule has 2 aliphatic heterocycles. The highest BCUT2D eigenvalue weighted by atomic mass is 32.1. The number of fused-ring (bicyclic) bond motifs is 2. The molecule has 2 aliphatic rings. The van der Waals surface area contributed by atoms with Crippen LogP contribution in [0.25, 0.3) is 0 Å². The second kappa shape index (κ2) is 9.35. The largest absolute Gasteiger partial charge is 0.394 e. The number of nitrogens with one attached hydrogen (secondary N) is 1. The Balaban J connectivity index is 1.40. The van der Waals surface area contributed by atoms with Gasteiger partial charge in [-0.25, -0.2) is 4.98 Å². The number of aliphatic hydroxyl groups excluding tert-OH is 1. The number of aliphatic hydroxyl groups is 1. The zero-order valence-corrected chi connectivity index (χ0v) is 19.3. The van der Waals surface area contributed by atoms with Crippen molar-refractivity contribution in [2.75, 3.05) is 25.1 Å². The van der Waals surface area contributed by atoms with E-state index in [1.54, 1.807) is 4.88 Å². The molecule has 1 fully saturated rings. The summed E-state index contributed by atoms with van der Waals surface area (Å²) in [5.74, 6) is 0.831. The molecule has 4 heterocycles. The van der Waals surface area contributed by atoms with Crippen LogP contribution in [0.4, 0.5) is 5.82 Å². The van der Waals surface area contributed by atoms with Gasteiger partial charge in [-0.05, 0) is 55.9 Å². The molecule has 0 aromatic carbocycles. The second-order valence-electron chi connectivity index (χ2n) is 8.75. The Kier molecular flexibility index (Phi) is 6.78. The lowest BCUT2D eigenvalue weighted by molar-refractivity contribution is -0.112. The maximum atomic E-state index is 9.36. The molecule has 5 nitrogen and oxygen atoms in total. The minimum absolute atomic E-state index is 0.0624. The van der Waals surface area contributed by atoms with Crippen LogP contribution in [-0.4, -0.2) is 46.8 Å². The molecule has 0 bridgehead atoms. The third-order valence-electron chi connectivity index (χ3n) is 6.73. The summed E-state index contributed by atoms with van der Waals surface area (Å²) in [4.78, 5) is 10.2. The number of hydrogen-bond acceptors (Lipinski definition) is 6. The van der Waals surface area contributed by atoms with Gasteiger partial charge in [0.15, 0.2) is 0 Å². The average Bonchev–Trinajstić information content (AvgIpc) is 3.20.